The Kier molecular flexibility index (Phi) is 7.79. The first-order valence-corrected chi connectivity index (χ1v) is 12.9. The number of dihydropyridines is 1. The van der Waals surface area contributed by atoms with Crippen LogP contribution in [0.2, 0.25) is 5.02 Å². The highest BCUT2D eigenvalue weighted by Gasteiger charge is 2.41. The smallest absolute Gasteiger partial charge is 0.336 e. The van der Waals surface area contributed by atoms with Crippen molar-refractivity contribution in [3.05, 3.63) is 93.0 Å². The minimum Gasteiger partial charge on any atom is -0.461 e. The van der Waals surface area contributed by atoms with Crippen molar-refractivity contribution in [1.82, 2.24) is 5.32 Å². The first kappa shape index (κ1) is 24.6. The summed E-state index contributed by atoms with van der Waals surface area (Å²) in [6.45, 7) is 4.17. The fourth-order valence-electron chi connectivity index (χ4n) is 4.68. The zero-order valence-corrected chi connectivity index (χ0v) is 20.8. The lowest BCUT2D eigenvalue weighted by Crippen LogP contribution is -2.36. The molecule has 4 rings (SSSR count). The zero-order valence-electron chi connectivity index (χ0n) is 19.2. The monoisotopic (exact) mass is 499 g/mol. The highest BCUT2D eigenvalue weighted by Crippen LogP contribution is 2.45. The maximum atomic E-state index is 13.7. The molecular formula is C27H27ClFNO3S. The number of rotatable bonds is 7. The summed E-state index contributed by atoms with van der Waals surface area (Å²) in [6, 6.07) is 13.6. The molecule has 2 atom stereocenters. The third-order valence-electron chi connectivity index (χ3n) is 6.26. The average molecular weight is 500 g/mol. The summed E-state index contributed by atoms with van der Waals surface area (Å²) in [4.78, 5) is 26.7. The number of nitrogens with one attached hydrogen (secondary N) is 1. The van der Waals surface area contributed by atoms with Crippen LogP contribution >= 0.6 is 23.4 Å². The lowest BCUT2D eigenvalue weighted by Gasteiger charge is -2.36. The molecule has 0 saturated heterocycles. The molecule has 2 aliphatic rings. The molecule has 178 valence electrons. The fraction of sp³-hybridized carbons (Fsp3) is 0.333. The summed E-state index contributed by atoms with van der Waals surface area (Å²) in [6.07, 6.45) is 0.960. The number of allylic oxidation sites excluding steroid dienone is 3. The van der Waals surface area contributed by atoms with Gasteiger partial charge in [-0.15, -0.1) is 0 Å². The number of hydrogen-bond acceptors (Lipinski definition) is 5. The maximum Gasteiger partial charge on any atom is 0.336 e. The van der Waals surface area contributed by atoms with E-state index in [4.69, 9.17) is 16.3 Å². The summed E-state index contributed by atoms with van der Waals surface area (Å²) in [5.41, 5.74) is 4.18. The van der Waals surface area contributed by atoms with E-state index in [1.54, 1.807) is 23.9 Å². The molecule has 0 aromatic heterocycles. The van der Waals surface area contributed by atoms with Crippen LogP contribution in [0.15, 0.2) is 71.1 Å². The van der Waals surface area contributed by atoms with Crippen LogP contribution in [0.3, 0.4) is 0 Å². The Morgan fingerprint density at radius 2 is 1.79 bits per heavy atom. The number of ether oxygens (including phenoxy) is 1. The molecule has 0 unspecified atom stereocenters. The number of ketones is 1. The number of thioether (sulfide) groups is 1. The molecule has 4 nitrogen and oxygen atoms in total. The number of carbonyl (C=O) groups excluding carboxylic acids is 2. The molecule has 0 bridgehead atoms. The molecule has 7 heteroatoms. The molecule has 0 amide bonds. The van der Waals surface area contributed by atoms with Crippen molar-refractivity contribution in [2.24, 2.45) is 0 Å². The van der Waals surface area contributed by atoms with E-state index in [2.05, 4.69) is 12.2 Å². The van der Waals surface area contributed by atoms with Crippen molar-refractivity contribution in [3.8, 4) is 0 Å². The standard InChI is InChI=1S/C27H27ClFNO3S/c1-3-34-13-12-33-27(32)24-16(2)30-22-14-19(17-4-8-20(28)9-5-17)15-23(31)26(22)25(24)18-6-10-21(29)11-7-18/h4-11,19,25,30H,3,12-15H2,1-2H3/t19-,25-/m0/s1. The van der Waals surface area contributed by atoms with E-state index >= 15 is 0 Å². The third-order valence-corrected chi connectivity index (χ3v) is 7.37. The van der Waals surface area contributed by atoms with Crippen molar-refractivity contribution in [3.63, 3.8) is 0 Å². The number of hydrogen-bond donors (Lipinski definition) is 1. The summed E-state index contributed by atoms with van der Waals surface area (Å²) in [5.74, 6) is 0.222. The van der Waals surface area contributed by atoms with Gasteiger partial charge in [-0.25, -0.2) is 9.18 Å². The number of Topliss-reactive ketones (excluding diaryl/α,β-unsaturated/α-hetero) is 1. The van der Waals surface area contributed by atoms with Crippen molar-refractivity contribution < 1.29 is 18.7 Å². The van der Waals surface area contributed by atoms with Gasteiger partial charge in [0.25, 0.3) is 0 Å². The predicted octanol–water partition coefficient (Wildman–Crippen LogP) is 6.14. The van der Waals surface area contributed by atoms with E-state index in [0.717, 1.165) is 17.0 Å². The van der Waals surface area contributed by atoms with Gasteiger partial charge in [-0.1, -0.05) is 42.8 Å². The molecule has 2 aromatic carbocycles. The molecule has 1 aliphatic carbocycles. The molecule has 0 fully saturated rings. The quantitative estimate of drug-likeness (QED) is 0.366. The van der Waals surface area contributed by atoms with Gasteiger partial charge in [0.2, 0.25) is 0 Å². The van der Waals surface area contributed by atoms with E-state index < -0.39 is 11.9 Å². The van der Waals surface area contributed by atoms with E-state index in [1.807, 2.05) is 31.2 Å². The van der Waals surface area contributed by atoms with Crippen LogP contribution in [-0.2, 0) is 14.3 Å². The van der Waals surface area contributed by atoms with Crippen LogP contribution in [0.4, 0.5) is 4.39 Å². The summed E-state index contributed by atoms with van der Waals surface area (Å²) in [5, 5.41) is 3.99. The lowest BCUT2D eigenvalue weighted by atomic mass is 9.72. The van der Waals surface area contributed by atoms with Gasteiger partial charge in [0.1, 0.15) is 12.4 Å². The summed E-state index contributed by atoms with van der Waals surface area (Å²) >= 11 is 7.73. The number of benzene rings is 2. The minimum atomic E-state index is -0.596. The van der Waals surface area contributed by atoms with Gasteiger partial charge in [-0.3, -0.25) is 4.79 Å². The molecule has 1 aliphatic heterocycles. The Morgan fingerprint density at radius 1 is 1.12 bits per heavy atom. The fourth-order valence-corrected chi connectivity index (χ4v) is 5.30. The van der Waals surface area contributed by atoms with Gasteiger partial charge in [-0.2, -0.15) is 11.8 Å². The van der Waals surface area contributed by atoms with Gasteiger partial charge < -0.3 is 10.1 Å². The largest absolute Gasteiger partial charge is 0.461 e. The molecule has 1 N–H and O–H groups in total. The van der Waals surface area contributed by atoms with Gasteiger partial charge in [-0.05, 0) is 60.4 Å². The lowest BCUT2D eigenvalue weighted by molar-refractivity contribution is -0.138. The van der Waals surface area contributed by atoms with Gasteiger partial charge >= 0.3 is 5.97 Å². The summed E-state index contributed by atoms with van der Waals surface area (Å²) in [7, 11) is 0. The summed E-state index contributed by atoms with van der Waals surface area (Å²) < 4.78 is 19.3. The van der Waals surface area contributed by atoms with Crippen molar-refractivity contribution in [2.45, 2.75) is 38.5 Å². The van der Waals surface area contributed by atoms with E-state index in [9.17, 15) is 14.0 Å². The second-order valence-corrected chi connectivity index (χ2v) is 10.3. The van der Waals surface area contributed by atoms with Crippen LogP contribution < -0.4 is 5.32 Å². The molecule has 2 aromatic rings. The van der Waals surface area contributed by atoms with Crippen molar-refractivity contribution in [2.75, 3.05) is 18.1 Å². The topological polar surface area (TPSA) is 55.4 Å². The van der Waals surface area contributed by atoms with E-state index in [-0.39, 0.29) is 17.5 Å². The highest BCUT2D eigenvalue weighted by molar-refractivity contribution is 7.99. The predicted molar refractivity (Wildman–Crippen MR) is 134 cm³/mol. The molecule has 34 heavy (non-hydrogen) atoms. The molecule has 0 spiro atoms. The molecule has 1 heterocycles. The van der Waals surface area contributed by atoms with E-state index in [0.29, 0.717) is 52.6 Å². The Bertz CT molecular complexity index is 1140. The van der Waals surface area contributed by atoms with Gasteiger partial charge in [0.15, 0.2) is 5.78 Å². The SMILES string of the molecule is CCSCCOC(=O)C1=C(C)NC2=C(C(=O)C[C@@H](c3ccc(Cl)cc3)C2)[C@H]1c1ccc(F)cc1. The maximum absolute atomic E-state index is 13.7. The van der Waals surface area contributed by atoms with Crippen LogP contribution in [0, 0.1) is 5.82 Å². The molecular weight excluding hydrogens is 473 g/mol. The second kappa shape index (κ2) is 10.8. The first-order chi connectivity index (χ1) is 16.4. The van der Waals surface area contributed by atoms with Crippen LogP contribution in [0.1, 0.15) is 49.7 Å². The Labute approximate surface area is 208 Å². The highest BCUT2D eigenvalue weighted by atomic mass is 35.5. The molecule has 0 saturated carbocycles. The molecule has 0 radical (unpaired) electrons. The van der Waals surface area contributed by atoms with Crippen molar-refractivity contribution in [1.29, 1.82) is 0 Å². The Hall–Kier alpha value is -2.57. The number of esters is 1. The van der Waals surface area contributed by atoms with Gasteiger partial charge in [0.05, 0.1) is 5.57 Å². The Morgan fingerprint density at radius 3 is 2.47 bits per heavy atom. The first-order valence-electron chi connectivity index (χ1n) is 11.4. The Balaban J connectivity index is 1.70. The van der Waals surface area contributed by atoms with E-state index in [1.165, 1.54) is 12.1 Å². The number of halogens is 2. The second-order valence-electron chi connectivity index (χ2n) is 8.45. The van der Waals surface area contributed by atoms with Crippen LogP contribution in [0.5, 0.6) is 0 Å². The minimum absolute atomic E-state index is 0.0113. The zero-order chi connectivity index (χ0) is 24.2. The van der Waals surface area contributed by atoms with Crippen LogP contribution in [-0.4, -0.2) is 29.9 Å². The van der Waals surface area contributed by atoms with Crippen molar-refractivity contribution >= 4 is 35.1 Å². The normalized spacial score (nSPS) is 20.2. The number of carbonyl (C=O) groups is 2. The van der Waals surface area contributed by atoms with Crippen LogP contribution in [0.25, 0.3) is 0 Å². The van der Waals surface area contributed by atoms with Gasteiger partial charge in [0, 0.05) is 40.1 Å². The third kappa shape index (κ3) is 5.23. The average Bonchev–Trinajstić information content (AvgIpc) is 2.81.